The summed E-state index contributed by atoms with van der Waals surface area (Å²) < 4.78 is 27.9. The van der Waals surface area contributed by atoms with Crippen molar-refractivity contribution in [3.05, 3.63) is 30.3 Å². The van der Waals surface area contributed by atoms with Gasteiger partial charge in [0.15, 0.2) is 6.61 Å². The average molecular weight is 566 g/mol. The predicted molar refractivity (Wildman–Crippen MR) is 144 cm³/mol. The highest BCUT2D eigenvalue weighted by Crippen LogP contribution is 2.11. The highest BCUT2D eigenvalue weighted by atomic mass is 35.5. The van der Waals surface area contributed by atoms with Gasteiger partial charge in [-0.2, -0.15) is 0 Å². The lowest BCUT2D eigenvalue weighted by Gasteiger charge is -2.24. The highest BCUT2D eigenvalue weighted by Gasteiger charge is 2.21. The van der Waals surface area contributed by atoms with E-state index in [0.29, 0.717) is 18.8 Å². The Labute approximate surface area is 230 Å². The number of carbonyl (C=O) groups is 2. The molecule has 0 aromatic heterocycles. The molecule has 4 atom stereocenters. The normalized spacial score (nSPS) is 14.7. The van der Waals surface area contributed by atoms with Crippen molar-refractivity contribution in [1.82, 2.24) is 10.6 Å². The van der Waals surface area contributed by atoms with Crippen LogP contribution in [0, 0.1) is 0 Å². The first-order valence-electron chi connectivity index (χ1n) is 12.6. The molecule has 1 aromatic rings. The smallest absolute Gasteiger partial charge is 0.344 e. The van der Waals surface area contributed by atoms with Gasteiger partial charge in [-0.15, -0.1) is 0 Å². The van der Waals surface area contributed by atoms with Gasteiger partial charge in [-0.1, -0.05) is 41.4 Å². The molecule has 0 aliphatic carbocycles. The van der Waals surface area contributed by atoms with Crippen LogP contribution < -0.4 is 15.4 Å². The second kappa shape index (κ2) is 19.4. The molecule has 4 unspecified atom stereocenters. The van der Waals surface area contributed by atoms with Crippen LogP contribution in [0.25, 0.3) is 0 Å². The summed E-state index contributed by atoms with van der Waals surface area (Å²) in [7, 11) is 1.75. The van der Waals surface area contributed by atoms with Crippen LogP contribution in [-0.2, 0) is 28.5 Å². The monoisotopic (exact) mass is 564 g/mol. The number of esters is 2. The standard InChI is InChI=1S/C26H42Cl2N2O7/c1-18(2)33-15-23(36-24(31)17-35-21-9-7-6-8-10-21)14-30-19(3)11-12-20(4)34-16-22(13-29-5)37-26(32)25(27)28/h6-10,18-20,22-23,25,29-30H,11-17H2,1-5H3. The molecule has 0 heterocycles. The molecule has 0 fully saturated rings. The maximum absolute atomic E-state index is 12.3. The maximum atomic E-state index is 12.3. The largest absolute Gasteiger partial charge is 0.482 e. The van der Waals surface area contributed by atoms with Gasteiger partial charge in [-0.3, -0.25) is 0 Å². The molecule has 2 N–H and O–H groups in total. The van der Waals surface area contributed by atoms with Crippen LogP contribution in [0.2, 0.25) is 0 Å². The summed E-state index contributed by atoms with van der Waals surface area (Å²) in [4.78, 5) is 22.7. The van der Waals surface area contributed by atoms with Crippen LogP contribution in [0.5, 0.6) is 5.75 Å². The van der Waals surface area contributed by atoms with Crippen molar-refractivity contribution in [3.63, 3.8) is 0 Å². The molecule has 1 aromatic carbocycles. The Morgan fingerprint density at radius 1 is 0.892 bits per heavy atom. The van der Waals surface area contributed by atoms with Crippen LogP contribution in [0.4, 0.5) is 0 Å². The summed E-state index contributed by atoms with van der Waals surface area (Å²) in [5.74, 6) is -0.541. The number of hydrogen-bond acceptors (Lipinski definition) is 9. The molecule has 0 bridgehead atoms. The topological polar surface area (TPSA) is 104 Å². The number of hydrogen-bond donors (Lipinski definition) is 2. The summed E-state index contributed by atoms with van der Waals surface area (Å²) >= 11 is 11.1. The van der Waals surface area contributed by atoms with Crippen molar-refractivity contribution in [1.29, 1.82) is 0 Å². The van der Waals surface area contributed by atoms with Gasteiger partial charge in [0.2, 0.25) is 4.84 Å². The summed E-state index contributed by atoms with van der Waals surface area (Å²) in [6.07, 6.45) is 0.625. The van der Waals surface area contributed by atoms with Gasteiger partial charge in [0.25, 0.3) is 0 Å². The Balaban J connectivity index is 2.41. The van der Waals surface area contributed by atoms with Gasteiger partial charge < -0.3 is 34.3 Å². The Morgan fingerprint density at radius 3 is 2.16 bits per heavy atom. The Morgan fingerprint density at radius 2 is 1.54 bits per heavy atom. The number of alkyl halides is 2. The minimum atomic E-state index is -1.23. The fourth-order valence-corrected chi connectivity index (χ4v) is 3.27. The summed E-state index contributed by atoms with van der Waals surface area (Å²) in [5, 5.41) is 6.36. The van der Waals surface area contributed by atoms with Gasteiger partial charge in [-0.25, -0.2) is 9.59 Å². The summed E-state index contributed by atoms with van der Waals surface area (Å²) in [5.41, 5.74) is 0. The van der Waals surface area contributed by atoms with Gasteiger partial charge in [0.05, 0.1) is 25.4 Å². The molecule has 1 rings (SSSR count). The third kappa shape index (κ3) is 16.8. The number of carbonyl (C=O) groups excluding carboxylic acids is 2. The van der Waals surface area contributed by atoms with E-state index in [1.54, 1.807) is 19.2 Å². The lowest BCUT2D eigenvalue weighted by molar-refractivity contribution is -0.155. The Bertz CT molecular complexity index is 756. The minimum Gasteiger partial charge on any atom is -0.482 e. The number of likely N-dealkylation sites (N-methyl/N-ethyl adjacent to an activating group) is 1. The van der Waals surface area contributed by atoms with Crippen molar-refractivity contribution >= 4 is 35.1 Å². The predicted octanol–water partition coefficient (Wildman–Crippen LogP) is 3.50. The van der Waals surface area contributed by atoms with Gasteiger partial charge in [0, 0.05) is 19.1 Å². The van der Waals surface area contributed by atoms with Crippen LogP contribution in [-0.4, -0.2) is 87.2 Å². The first-order chi connectivity index (χ1) is 17.6. The van der Waals surface area contributed by atoms with Gasteiger partial charge in [0.1, 0.15) is 18.0 Å². The van der Waals surface area contributed by atoms with Crippen molar-refractivity contribution in [3.8, 4) is 5.75 Å². The zero-order chi connectivity index (χ0) is 27.6. The molecule has 212 valence electrons. The van der Waals surface area contributed by atoms with E-state index >= 15 is 0 Å². The first kappa shape index (κ1) is 33.4. The fourth-order valence-electron chi connectivity index (χ4n) is 3.17. The van der Waals surface area contributed by atoms with E-state index in [-0.39, 0.29) is 38.1 Å². The SMILES string of the molecule is CNCC(COC(C)CCC(C)NCC(COC(C)C)OC(=O)COc1ccccc1)OC(=O)C(Cl)Cl. The van der Waals surface area contributed by atoms with Crippen molar-refractivity contribution in [2.45, 2.75) is 75.8 Å². The van der Waals surface area contributed by atoms with E-state index in [1.165, 1.54) is 0 Å². The number of benzene rings is 1. The zero-order valence-electron chi connectivity index (χ0n) is 22.4. The molecule has 0 aliphatic rings. The second-order valence-corrected chi connectivity index (χ2v) is 10.1. The van der Waals surface area contributed by atoms with Crippen molar-refractivity contribution < 1.29 is 33.3 Å². The van der Waals surface area contributed by atoms with E-state index in [0.717, 1.165) is 12.8 Å². The van der Waals surface area contributed by atoms with Crippen LogP contribution in [0.15, 0.2) is 30.3 Å². The fraction of sp³-hybridized carbons (Fsp3) is 0.692. The molecule has 0 spiro atoms. The van der Waals surface area contributed by atoms with Crippen molar-refractivity contribution in [2.75, 3.05) is 40.0 Å². The Hall–Kier alpha value is -1.62. The number of para-hydroxylation sites is 1. The highest BCUT2D eigenvalue weighted by molar-refractivity contribution is 6.52. The third-order valence-electron chi connectivity index (χ3n) is 5.17. The lowest BCUT2D eigenvalue weighted by Crippen LogP contribution is -2.40. The molecule has 0 radical (unpaired) electrons. The van der Waals surface area contributed by atoms with E-state index in [4.69, 9.17) is 46.9 Å². The van der Waals surface area contributed by atoms with E-state index in [1.807, 2.05) is 39.0 Å². The van der Waals surface area contributed by atoms with E-state index < -0.39 is 29.0 Å². The molecular weight excluding hydrogens is 523 g/mol. The summed E-state index contributed by atoms with van der Waals surface area (Å²) in [6, 6.07) is 9.26. The van der Waals surface area contributed by atoms with E-state index in [2.05, 4.69) is 17.6 Å². The first-order valence-corrected chi connectivity index (χ1v) is 13.4. The van der Waals surface area contributed by atoms with Crippen LogP contribution >= 0.6 is 23.2 Å². The van der Waals surface area contributed by atoms with Crippen LogP contribution in [0.1, 0.15) is 40.5 Å². The number of halogens is 2. The van der Waals surface area contributed by atoms with Crippen LogP contribution in [0.3, 0.4) is 0 Å². The quantitative estimate of drug-likeness (QED) is 0.182. The molecule has 9 nitrogen and oxygen atoms in total. The zero-order valence-corrected chi connectivity index (χ0v) is 23.9. The third-order valence-corrected chi connectivity index (χ3v) is 5.53. The lowest BCUT2D eigenvalue weighted by atomic mass is 10.1. The van der Waals surface area contributed by atoms with E-state index in [9.17, 15) is 9.59 Å². The number of ether oxygens (including phenoxy) is 5. The Kier molecular flexibility index (Phi) is 17.6. The molecule has 0 aliphatic heterocycles. The van der Waals surface area contributed by atoms with Crippen molar-refractivity contribution in [2.24, 2.45) is 0 Å². The molecule has 0 saturated carbocycles. The molecule has 0 amide bonds. The van der Waals surface area contributed by atoms with Gasteiger partial charge >= 0.3 is 11.9 Å². The average Bonchev–Trinajstić information content (AvgIpc) is 2.86. The molecule has 11 heteroatoms. The molecular formula is C26H42Cl2N2O7. The maximum Gasteiger partial charge on any atom is 0.344 e. The van der Waals surface area contributed by atoms with Gasteiger partial charge in [-0.05, 0) is 59.7 Å². The number of rotatable bonds is 20. The number of nitrogens with one attached hydrogen (secondary N) is 2. The molecule has 0 saturated heterocycles. The minimum absolute atomic E-state index is 0.0166. The second-order valence-electron chi connectivity index (χ2n) is 9.04. The molecule has 37 heavy (non-hydrogen) atoms. The summed E-state index contributed by atoms with van der Waals surface area (Å²) in [6.45, 7) is 9.08.